The van der Waals surface area contributed by atoms with Crippen LogP contribution in [0.1, 0.15) is 33.6 Å². The molecule has 0 atom stereocenters. The number of carbonyl (C=O) groups excluding carboxylic acids is 1. The van der Waals surface area contributed by atoms with E-state index in [1.165, 1.54) is 0 Å². The van der Waals surface area contributed by atoms with Crippen molar-refractivity contribution in [2.45, 2.75) is 39.2 Å². The number of carbonyl (C=O) groups is 1. The van der Waals surface area contributed by atoms with E-state index in [2.05, 4.69) is 0 Å². The molecule has 0 spiro atoms. The number of benzene rings is 1. The van der Waals surface area contributed by atoms with Gasteiger partial charge in [0.2, 0.25) is 0 Å². The van der Waals surface area contributed by atoms with Crippen molar-refractivity contribution >= 4 is 11.7 Å². The van der Waals surface area contributed by atoms with Gasteiger partial charge in [-0.15, -0.1) is 0 Å². The van der Waals surface area contributed by atoms with Crippen LogP contribution >= 0.6 is 0 Å². The molecule has 1 aromatic carbocycles. The van der Waals surface area contributed by atoms with Crippen molar-refractivity contribution in [2.24, 2.45) is 0 Å². The second-order valence-electron chi connectivity index (χ2n) is 5.11. The van der Waals surface area contributed by atoms with E-state index in [1.807, 2.05) is 32.9 Å². The molecule has 18 heavy (non-hydrogen) atoms. The highest BCUT2D eigenvalue weighted by Crippen LogP contribution is 2.14. The average Bonchev–Trinajstić information content (AvgIpc) is 2.24. The van der Waals surface area contributed by atoms with E-state index >= 15 is 0 Å². The molecular weight excluding hydrogens is 230 g/mol. The molecular formula is C14H21NO3. The van der Waals surface area contributed by atoms with Gasteiger partial charge in [0.05, 0.1) is 6.61 Å². The summed E-state index contributed by atoms with van der Waals surface area (Å²) in [5, 5.41) is 0. The monoisotopic (exact) mass is 251 g/mol. The molecule has 0 radical (unpaired) electrons. The van der Waals surface area contributed by atoms with Crippen molar-refractivity contribution in [1.29, 1.82) is 0 Å². The van der Waals surface area contributed by atoms with Crippen LogP contribution in [0.5, 0.6) is 5.75 Å². The van der Waals surface area contributed by atoms with Gasteiger partial charge in [0.15, 0.2) is 0 Å². The molecule has 0 aromatic heterocycles. The minimum absolute atomic E-state index is 0.191. The first-order chi connectivity index (χ1) is 8.37. The number of rotatable bonds is 5. The summed E-state index contributed by atoms with van der Waals surface area (Å²) >= 11 is 0. The first-order valence-electron chi connectivity index (χ1n) is 6.07. The van der Waals surface area contributed by atoms with Gasteiger partial charge in [-0.3, -0.25) is 4.79 Å². The lowest BCUT2D eigenvalue weighted by Gasteiger charge is -2.19. The fourth-order valence-corrected chi connectivity index (χ4v) is 1.36. The molecule has 0 saturated heterocycles. The Morgan fingerprint density at radius 3 is 2.39 bits per heavy atom. The van der Waals surface area contributed by atoms with Gasteiger partial charge in [0.25, 0.3) is 0 Å². The minimum Gasteiger partial charge on any atom is -0.494 e. The summed E-state index contributed by atoms with van der Waals surface area (Å²) in [5.74, 6) is 0.566. The van der Waals surface area contributed by atoms with E-state index in [0.29, 0.717) is 25.1 Å². The highest BCUT2D eigenvalue weighted by Gasteiger charge is 2.15. The summed E-state index contributed by atoms with van der Waals surface area (Å²) in [6.07, 6.45) is 1.01. The third kappa shape index (κ3) is 6.13. The molecule has 100 valence electrons. The van der Waals surface area contributed by atoms with Crippen LogP contribution in [0, 0.1) is 0 Å². The smallest absolute Gasteiger partial charge is 0.306 e. The van der Waals surface area contributed by atoms with Gasteiger partial charge in [-0.1, -0.05) is 0 Å². The second-order valence-corrected chi connectivity index (χ2v) is 5.11. The van der Waals surface area contributed by atoms with Gasteiger partial charge >= 0.3 is 5.97 Å². The Kier molecular flexibility index (Phi) is 5.01. The number of nitrogens with two attached hydrogens (primary N) is 1. The van der Waals surface area contributed by atoms with Crippen molar-refractivity contribution in [3.63, 3.8) is 0 Å². The van der Waals surface area contributed by atoms with Crippen LogP contribution < -0.4 is 10.5 Å². The highest BCUT2D eigenvalue weighted by molar-refractivity contribution is 5.69. The van der Waals surface area contributed by atoms with E-state index in [4.69, 9.17) is 15.2 Å². The summed E-state index contributed by atoms with van der Waals surface area (Å²) in [6.45, 7) is 6.06. The topological polar surface area (TPSA) is 61.5 Å². The predicted molar refractivity (Wildman–Crippen MR) is 71.4 cm³/mol. The first kappa shape index (κ1) is 14.4. The van der Waals surface area contributed by atoms with Gasteiger partial charge in [0.1, 0.15) is 11.4 Å². The number of esters is 1. The van der Waals surface area contributed by atoms with Gasteiger partial charge in [-0.05, 0) is 51.5 Å². The fraction of sp³-hybridized carbons (Fsp3) is 0.500. The lowest BCUT2D eigenvalue weighted by Crippen LogP contribution is -2.23. The summed E-state index contributed by atoms with van der Waals surface area (Å²) in [5.41, 5.74) is 5.85. The molecule has 0 amide bonds. The molecule has 1 rings (SSSR count). The van der Waals surface area contributed by atoms with Crippen LogP contribution in [0.2, 0.25) is 0 Å². The molecule has 0 aliphatic heterocycles. The largest absolute Gasteiger partial charge is 0.494 e. The normalized spacial score (nSPS) is 11.1. The standard InChI is InChI=1S/C14H21NO3/c1-14(2,3)18-13(16)5-4-10-17-12-8-6-11(15)7-9-12/h6-9H,4-5,10,15H2,1-3H3. The van der Waals surface area contributed by atoms with E-state index in [1.54, 1.807) is 12.1 Å². The van der Waals surface area contributed by atoms with Crippen LogP contribution in [0.25, 0.3) is 0 Å². The molecule has 1 aromatic rings. The average molecular weight is 251 g/mol. The van der Waals surface area contributed by atoms with E-state index < -0.39 is 5.60 Å². The van der Waals surface area contributed by atoms with Crippen LogP contribution in [-0.2, 0) is 9.53 Å². The van der Waals surface area contributed by atoms with Crippen LogP contribution in [0.4, 0.5) is 5.69 Å². The molecule has 0 fully saturated rings. The number of nitrogen functional groups attached to an aromatic ring is 1. The quantitative estimate of drug-likeness (QED) is 0.496. The van der Waals surface area contributed by atoms with Crippen molar-refractivity contribution in [3.8, 4) is 5.75 Å². The maximum atomic E-state index is 11.4. The minimum atomic E-state index is -0.422. The van der Waals surface area contributed by atoms with Gasteiger partial charge in [-0.2, -0.15) is 0 Å². The number of hydrogen-bond acceptors (Lipinski definition) is 4. The third-order valence-electron chi connectivity index (χ3n) is 2.09. The summed E-state index contributed by atoms with van der Waals surface area (Å²) in [7, 11) is 0. The van der Waals surface area contributed by atoms with Crippen LogP contribution in [0.3, 0.4) is 0 Å². The molecule has 0 unspecified atom stereocenters. The molecule has 0 aliphatic rings. The molecule has 0 saturated carbocycles. The zero-order valence-corrected chi connectivity index (χ0v) is 11.2. The molecule has 4 nitrogen and oxygen atoms in total. The van der Waals surface area contributed by atoms with Gasteiger partial charge in [0, 0.05) is 12.1 Å². The zero-order chi connectivity index (χ0) is 13.6. The Bertz CT molecular complexity index is 379. The van der Waals surface area contributed by atoms with Gasteiger partial charge in [-0.25, -0.2) is 0 Å². The second kappa shape index (κ2) is 6.28. The Balaban J connectivity index is 2.19. The summed E-state index contributed by atoms with van der Waals surface area (Å²) in [6, 6.07) is 7.18. The van der Waals surface area contributed by atoms with Crippen molar-refractivity contribution in [1.82, 2.24) is 0 Å². The number of ether oxygens (including phenoxy) is 2. The summed E-state index contributed by atoms with van der Waals surface area (Å²) in [4.78, 5) is 11.4. The van der Waals surface area contributed by atoms with Crippen LogP contribution in [-0.4, -0.2) is 18.2 Å². The Morgan fingerprint density at radius 2 is 1.83 bits per heavy atom. The highest BCUT2D eigenvalue weighted by atomic mass is 16.6. The maximum Gasteiger partial charge on any atom is 0.306 e. The maximum absolute atomic E-state index is 11.4. The zero-order valence-electron chi connectivity index (χ0n) is 11.2. The van der Waals surface area contributed by atoms with E-state index in [9.17, 15) is 4.79 Å². The Hall–Kier alpha value is -1.71. The summed E-state index contributed by atoms with van der Waals surface area (Å²) < 4.78 is 10.7. The van der Waals surface area contributed by atoms with Crippen molar-refractivity contribution in [3.05, 3.63) is 24.3 Å². The lowest BCUT2D eigenvalue weighted by molar-refractivity contribution is -0.155. The van der Waals surface area contributed by atoms with E-state index in [-0.39, 0.29) is 5.97 Å². The van der Waals surface area contributed by atoms with E-state index in [0.717, 1.165) is 5.75 Å². The molecule has 4 heteroatoms. The Labute approximate surface area is 108 Å². The fourth-order valence-electron chi connectivity index (χ4n) is 1.36. The molecule has 0 bridgehead atoms. The van der Waals surface area contributed by atoms with Crippen molar-refractivity contribution in [2.75, 3.05) is 12.3 Å². The molecule has 0 aliphatic carbocycles. The number of hydrogen-bond donors (Lipinski definition) is 1. The molecule has 0 heterocycles. The number of anilines is 1. The Morgan fingerprint density at radius 1 is 1.22 bits per heavy atom. The molecule has 2 N–H and O–H groups in total. The first-order valence-corrected chi connectivity index (χ1v) is 6.07. The van der Waals surface area contributed by atoms with Crippen LogP contribution in [0.15, 0.2) is 24.3 Å². The SMILES string of the molecule is CC(C)(C)OC(=O)CCCOc1ccc(N)cc1. The predicted octanol–water partition coefficient (Wildman–Crippen LogP) is 2.77. The van der Waals surface area contributed by atoms with Gasteiger partial charge < -0.3 is 15.2 Å². The third-order valence-corrected chi connectivity index (χ3v) is 2.09. The lowest BCUT2D eigenvalue weighted by atomic mass is 10.2. The van der Waals surface area contributed by atoms with Crippen molar-refractivity contribution < 1.29 is 14.3 Å².